The summed E-state index contributed by atoms with van der Waals surface area (Å²) in [5, 5.41) is 3.36. The third-order valence-electron chi connectivity index (χ3n) is 9.07. The van der Waals surface area contributed by atoms with Crippen molar-refractivity contribution in [2.45, 2.75) is 76.5 Å². The zero-order valence-electron chi connectivity index (χ0n) is 24.5. The highest BCUT2D eigenvalue weighted by molar-refractivity contribution is 7.95. The van der Waals surface area contributed by atoms with E-state index in [2.05, 4.69) is 73.6 Å². The first-order valence-corrected chi connectivity index (χ1v) is 16.3. The van der Waals surface area contributed by atoms with Crippen LogP contribution in [0.25, 0.3) is 0 Å². The van der Waals surface area contributed by atoms with Gasteiger partial charge < -0.3 is 10.2 Å². The summed E-state index contributed by atoms with van der Waals surface area (Å²) in [6.07, 6.45) is 24.2. The predicted molar refractivity (Wildman–Crippen MR) is 166 cm³/mol. The molecule has 4 aliphatic rings. The van der Waals surface area contributed by atoms with E-state index in [1.165, 1.54) is 28.2 Å². The maximum atomic E-state index is 14.0. The molecule has 0 aromatic heterocycles. The van der Waals surface area contributed by atoms with E-state index in [4.69, 9.17) is 0 Å². The Morgan fingerprint density at radius 1 is 1.05 bits per heavy atom. The molecular formula is C35H44N2O2S. The number of benzene rings is 1. The highest BCUT2D eigenvalue weighted by atomic mass is 32.2. The van der Waals surface area contributed by atoms with Crippen LogP contribution in [0.2, 0.25) is 0 Å². The quantitative estimate of drug-likeness (QED) is 0.334. The van der Waals surface area contributed by atoms with Crippen molar-refractivity contribution in [3.8, 4) is 0 Å². The summed E-state index contributed by atoms with van der Waals surface area (Å²) in [5.41, 5.74) is 7.77. The summed E-state index contributed by atoms with van der Waals surface area (Å²) in [6.45, 7) is 4.59. The first-order valence-electron chi connectivity index (χ1n) is 14.8. The van der Waals surface area contributed by atoms with Crippen LogP contribution in [-0.2, 0) is 9.84 Å². The lowest BCUT2D eigenvalue weighted by Crippen LogP contribution is -2.21. The number of allylic oxidation sites excluding steroid dienone is 11. The molecule has 5 heteroatoms. The lowest BCUT2D eigenvalue weighted by molar-refractivity contribution is 0.428. The molecule has 0 spiro atoms. The van der Waals surface area contributed by atoms with Crippen LogP contribution < -0.4 is 5.32 Å². The van der Waals surface area contributed by atoms with E-state index in [1.54, 1.807) is 12.1 Å². The molecule has 0 radical (unpaired) electrons. The summed E-state index contributed by atoms with van der Waals surface area (Å²) in [4.78, 5) is 3.32. The molecule has 0 bridgehead atoms. The van der Waals surface area contributed by atoms with Gasteiger partial charge in [0.1, 0.15) is 0 Å². The average Bonchev–Trinajstić information content (AvgIpc) is 3.53. The summed E-state index contributed by atoms with van der Waals surface area (Å²) in [5.74, 6) is -0.00554. The van der Waals surface area contributed by atoms with Gasteiger partial charge in [-0.3, -0.25) is 0 Å². The van der Waals surface area contributed by atoms with Crippen molar-refractivity contribution >= 4 is 9.84 Å². The number of hydrogen-bond donors (Lipinski definition) is 1. The summed E-state index contributed by atoms with van der Waals surface area (Å²) in [6, 6.07) is 8.98. The van der Waals surface area contributed by atoms with Crippen LogP contribution in [0.15, 0.2) is 116 Å². The highest BCUT2D eigenvalue weighted by Gasteiger charge is 2.35. The van der Waals surface area contributed by atoms with Crippen LogP contribution in [0, 0.1) is 11.3 Å². The summed E-state index contributed by atoms with van der Waals surface area (Å²) >= 11 is 0. The molecule has 1 aromatic rings. The molecule has 1 atom stereocenters. The fraction of sp³-hybridized carbons (Fsp3) is 0.429. The Morgan fingerprint density at radius 3 is 2.55 bits per heavy atom. The van der Waals surface area contributed by atoms with Gasteiger partial charge in [-0.25, -0.2) is 8.42 Å². The van der Waals surface area contributed by atoms with Gasteiger partial charge in [0.15, 0.2) is 0 Å². The fourth-order valence-electron chi connectivity index (χ4n) is 6.78. The molecule has 1 unspecified atom stereocenters. The summed E-state index contributed by atoms with van der Waals surface area (Å²) in [7, 11) is 0.549. The molecule has 0 amide bonds. The molecular weight excluding hydrogens is 512 g/mol. The minimum Gasteiger partial charge on any atom is -0.388 e. The molecule has 5 rings (SSSR count). The molecule has 1 heterocycles. The van der Waals surface area contributed by atoms with E-state index < -0.39 is 9.84 Å². The second kappa shape index (κ2) is 11.8. The van der Waals surface area contributed by atoms with Crippen LogP contribution in [0.4, 0.5) is 0 Å². The molecule has 4 nitrogen and oxygen atoms in total. The van der Waals surface area contributed by atoms with Crippen molar-refractivity contribution in [2.75, 3.05) is 14.1 Å². The van der Waals surface area contributed by atoms with Crippen LogP contribution in [-0.4, -0.2) is 27.4 Å². The fourth-order valence-corrected chi connectivity index (χ4v) is 8.72. The SMILES string of the molecule is CNC1=C(C(C)(C)C/C=C/C2=C(S(=O)(=O)c3ccccc3)C(C/C=C3\CC4=C(C=CCC4)N3C)CC2)CCC=C1. The first kappa shape index (κ1) is 28.5. The van der Waals surface area contributed by atoms with Crippen LogP contribution >= 0.6 is 0 Å². The van der Waals surface area contributed by atoms with Gasteiger partial charge in [0, 0.05) is 37.6 Å². The number of sulfone groups is 1. The lowest BCUT2D eigenvalue weighted by atomic mass is 9.76. The zero-order chi connectivity index (χ0) is 28.3. The molecule has 1 aromatic carbocycles. The van der Waals surface area contributed by atoms with Crippen molar-refractivity contribution in [3.05, 3.63) is 112 Å². The Bertz CT molecular complexity index is 1450. The maximum absolute atomic E-state index is 14.0. The Morgan fingerprint density at radius 2 is 1.80 bits per heavy atom. The molecule has 0 saturated heterocycles. The van der Waals surface area contributed by atoms with E-state index in [0.717, 1.165) is 63.4 Å². The second-order valence-corrected chi connectivity index (χ2v) is 14.0. The molecule has 1 aliphatic heterocycles. The van der Waals surface area contributed by atoms with Crippen molar-refractivity contribution in [2.24, 2.45) is 11.3 Å². The van der Waals surface area contributed by atoms with Gasteiger partial charge in [0.05, 0.1) is 9.80 Å². The van der Waals surface area contributed by atoms with Crippen LogP contribution in [0.3, 0.4) is 0 Å². The average molecular weight is 557 g/mol. The normalized spacial score (nSPS) is 22.9. The van der Waals surface area contributed by atoms with Crippen molar-refractivity contribution < 1.29 is 8.42 Å². The van der Waals surface area contributed by atoms with Crippen LogP contribution in [0.5, 0.6) is 0 Å². The minimum absolute atomic E-state index is 0.00529. The third-order valence-corrected chi connectivity index (χ3v) is 11.1. The Balaban J connectivity index is 1.42. The number of likely N-dealkylation sites (N-methyl/N-ethyl adjacent to an activating group) is 2. The van der Waals surface area contributed by atoms with Gasteiger partial charge in [0.2, 0.25) is 9.84 Å². The third kappa shape index (κ3) is 5.72. The molecule has 0 saturated carbocycles. The predicted octanol–water partition coefficient (Wildman–Crippen LogP) is 8.13. The number of hydrogen-bond acceptors (Lipinski definition) is 4. The van der Waals surface area contributed by atoms with E-state index in [-0.39, 0.29) is 11.3 Å². The largest absolute Gasteiger partial charge is 0.388 e. The van der Waals surface area contributed by atoms with Gasteiger partial charge in [-0.1, -0.05) is 62.4 Å². The smallest absolute Gasteiger partial charge is 0.203 e. The lowest BCUT2D eigenvalue weighted by Gasteiger charge is -2.31. The first-order chi connectivity index (χ1) is 19.2. The van der Waals surface area contributed by atoms with Gasteiger partial charge in [-0.2, -0.15) is 0 Å². The van der Waals surface area contributed by atoms with Gasteiger partial charge in [0.25, 0.3) is 0 Å². The topological polar surface area (TPSA) is 49.4 Å². The standard InChI is InChI=1S/C35H44N2O2S/c1-35(2,31-17-9-10-18-32(31)36-3)24-12-14-26-20-21-27(34(26)40(38,39)30-15-6-5-7-16-30)22-23-29-25-28-13-8-11-19-33(28)37(29)4/h5-7,10-12,14-16,18-19,23,27,36H,8-9,13,17,20-22,24-25H2,1-4H3/b14-12+,29-23+. The van der Waals surface area contributed by atoms with E-state index in [0.29, 0.717) is 9.80 Å². The molecule has 0 fully saturated rings. The van der Waals surface area contributed by atoms with E-state index >= 15 is 0 Å². The van der Waals surface area contributed by atoms with Crippen molar-refractivity contribution in [3.63, 3.8) is 0 Å². The highest BCUT2D eigenvalue weighted by Crippen LogP contribution is 2.44. The summed E-state index contributed by atoms with van der Waals surface area (Å²) < 4.78 is 28.1. The molecule has 3 aliphatic carbocycles. The monoisotopic (exact) mass is 556 g/mol. The Labute approximate surface area is 241 Å². The van der Waals surface area contributed by atoms with Crippen molar-refractivity contribution in [1.29, 1.82) is 0 Å². The molecule has 212 valence electrons. The maximum Gasteiger partial charge on any atom is 0.203 e. The van der Waals surface area contributed by atoms with Gasteiger partial charge in [-0.05, 0) is 104 Å². The van der Waals surface area contributed by atoms with Gasteiger partial charge >= 0.3 is 0 Å². The number of rotatable bonds is 9. The minimum atomic E-state index is -3.58. The Hall–Kier alpha value is -3.05. The van der Waals surface area contributed by atoms with E-state index in [9.17, 15) is 8.42 Å². The zero-order valence-corrected chi connectivity index (χ0v) is 25.4. The molecule has 40 heavy (non-hydrogen) atoms. The number of nitrogens with zero attached hydrogens (tertiary/aromatic N) is 1. The van der Waals surface area contributed by atoms with Gasteiger partial charge in [-0.15, -0.1) is 0 Å². The Kier molecular flexibility index (Phi) is 8.42. The second-order valence-electron chi connectivity index (χ2n) is 12.1. The number of nitrogens with one attached hydrogen (secondary N) is 1. The molecule has 1 N–H and O–H groups in total. The van der Waals surface area contributed by atoms with Crippen LogP contribution in [0.1, 0.15) is 71.6 Å². The van der Waals surface area contributed by atoms with E-state index in [1.807, 2.05) is 25.2 Å². The van der Waals surface area contributed by atoms with Crippen molar-refractivity contribution in [1.82, 2.24) is 10.2 Å².